The zero-order chi connectivity index (χ0) is 20.3. The summed E-state index contributed by atoms with van der Waals surface area (Å²) in [6.45, 7) is 0. The molecule has 4 aromatic rings. The van der Waals surface area contributed by atoms with Crippen molar-refractivity contribution >= 4 is 30.0 Å². The molecule has 0 saturated heterocycles. The minimum Gasteiger partial charge on any atom is -0.404 e. The fraction of sp³-hybridized carbons (Fsp3) is 0. The van der Waals surface area contributed by atoms with Crippen LogP contribution in [-0.2, 0) is 4.57 Å². The van der Waals surface area contributed by atoms with Crippen LogP contribution in [-0.4, -0.2) is 9.79 Å². The van der Waals surface area contributed by atoms with Gasteiger partial charge in [-0.1, -0.05) is 60.7 Å². The number of phosphoric acid groups is 1. The number of azo groups is 1. The molecular weight excluding hydrogens is 387 g/mol. The van der Waals surface area contributed by atoms with Gasteiger partial charge in [0, 0.05) is 5.56 Å². The summed E-state index contributed by atoms with van der Waals surface area (Å²) in [5.74, 6) is 0.0634. The first-order valence-electron chi connectivity index (χ1n) is 8.84. The van der Waals surface area contributed by atoms with Gasteiger partial charge in [-0.05, 0) is 46.7 Å². The highest BCUT2D eigenvalue weighted by atomic mass is 31.2. The molecular formula is C22H17N2O4P. The van der Waals surface area contributed by atoms with Gasteiger partial charge < -0.3 is 4.52 Å². The summed E-state index contributed by atoms with van der Waals surface area (Å²) in [6.07, 6.45) is 0. The molecule has 0 spiro atoms. The van der Waals surface area contributed by atoms with Crippen molar-refractivity contribution in [2.45, 2.75) is 0 Å². The Morgan fingerprint density at radius 3 is 2.14 bits per heavy atom. The maximum Gasteiger partial charge on any atom is 0.524 e. The van der Waals surface area contributed by atoms with Crippen LogP contribution in [0.2, 0.25) is 0 Å². The molecule has 2 N–H and O–H groups in total. The van der Waals surface area contributed by atoms with Gasteiger partial charge in [-0.25, -0.2) is 4.57 Å². The normalized spacial score (nSPS) is 11.8. The molecule has 0 bridgehead atoms. The lowest BCUT2D eigenvalue weighted by Crippen LogP contribution is -1.89. The fourth-order valence-corrected chi connectivity index (χ4v) is 3.47. The van der Waals surface area contributed by atoms with Crippen molar-refractivity contribution in [1.82, 2.24) is 0 Å². The van der Waals surface area contributed by atoms with E-state index in [0.717, 1.165) is 27.6 Å². The highest BCUT2D eigenvalue weighted by Gasteiger charge is 2.15. The Labute approximate surface area is 167 Å². The van der Waals surface area contributed by atoms with Crippen molar-refractivity contribution in [2.24, 2.45) is 10.2 Å². The maximum atomic E-state index is 10.9. The van der Waals surface area contributed by atoms with E-state index in [1.165, 1.54) is 12.1 Å². The first-order chi connectivity index (χ1) is 14.0. The topological polar surface area (TPSA) is 91.5 Å². The van der Waals surface area contributed by atoms with E-state index in [2.05, 4.69) is 39.0 Å². The molecule has 0 amide bonds. The number of rotatable bonds is 5. The molecule has 0 atom stereocenters. The van der Waals surface area contributed by atoms with Gasteiger partial charge in [0.05, 0.1) is 11.4 Å². The SMILES string of the molecule is O=P(O)(O)Oc1ccc(N=Nc2ccccc2-c2cccc3ccccc23)cc1. The number of benzene rings is 4. The van der Waals surface area contributed by atoms with Crippen LogP contribution in [0.4, 0.5) is 11.4 Å². The van der Waals surface area contributed by atoms with Crippen molar-refractivity contribution in [3.05, 3.63) is 91.0 Å². The van der Waals surface area contributed by atoms with Crippen LogP contribution in [0.25, 0.3) is 21.9 Å². The van der Waals surface area contributed by atoms with Crippen molar-refractivity contribution in [1.29, 1.82) is 0 Å². The second kappa shape index (κ2) is 7.97. The molecule has 7 heteroatoms. The maximum absolute atomic E-state index is 10.9. The van der Waals surface area contributed by atoms with Crippen molar-refractivity contribution in [3.8, 4) is 16.9 Å². The van der Waals surface area contributed by atoms with Crippen LogP contribution in [0.1, 0.15) is 0 Å². The Hall–Kier alpha value is -3.31. The third kappa shape index (κ3) is 4.58. The van der Waals surface area contributed by atoms with E-state index in [-0.39, 0.29) is 5.75 Å². The lowest BCUT2D eigenvalue weighted by atomic mass is 9.97. The molecule has 6 nitrogen and oxygen atoms in total. The van der Waals surface area contributed by atoms with E-state index in [9.17, 15) is 4.57 Å². The smallest absolute Gasteiger partial charge is 0.404 e. The summed E-state index contributed by atoms with van der Waals surface area (Å²) >= 11 is 0. The van der Waals surface area contributed by atoms with Crippen LogP contribution in [0, 0.1) is 0 Å². The molecule has 0 saturated carbocycles. The molecule has 0 heterocycles. The van der Waals surface area contributed by atoms with E-state index in [4.69, 9.17) is 9.79 Å². The largest absolute Gasteiger partial charge is 0.524 e. The molecule has 0 aliphatic heterocycles. The van der Waals surface area contributed by atoms with Gasteiger partial charge in [-0.3, -0.25) is 9.79 Å². The zero-order valence-corrected chi connectivity index (χ0v) is 16.1. The molecule has 29 heavy (non-hydrogen) atoms. The summed E-state index contributed by atoms with van der Waals surface area (Å²) in [4.78, 5) is 17.7. The Bertz CT molecular complexity index is 1230. The van der Waals surface area contributed by atoms with Crippen molar-refractivity contribution in [2.75, 3.05) is 0 Å². The van der Waals surface area contributed by atoms with Crippen LogP contribution >= 0.6 is 7.82 Å². The number of nitrogens with zero attached hydrogens (tertiary/aromatic N) is 2. The number of fused-ring (bicyclic) bond motifs is 1. The summed E-state index contributed by atoms with van der Waals surface area (Å²) in [7, 11) is -4.58. The molecule has 0 radical (unpaired) electrons. The van der Waals surface area contributed by atoms with Gasteiger partial charge in [-0.2, -0.15) is 5.11 Å². The molecule has 144 valence electrons. The van der Waals surface area contributed by atoms with Crippen LogP contribution in [0.15, 0.2) is 101 Å². The minimum absolute atomic E-state index is 0.0634. The Morgan fingerprint density at radius 2 is 1.34 bits per heavy atom. The first-order valence-corrected chi connectivity index (χ1v) is 10.4. The van der Waals surface area contributed by atoms with Gasteiger partial charge in [0.25, 0.3) is 0 Å². The lowest BCUT2D eigenvalue weighted by molar-refractivity contribution is 0.283. The number of hydrogen-bond acceptors (Lipinski definition) is 4. The van der Waals surface area contributed by atoms with E-state index < -0.39 is 7.82 Å². The van der Waals surface area contributed by atoms with E-state index in [1.54, 1.807) is 12.1 Å². The van der Waals surface area contributed by atoms with Gasteiger partial charge >= 0.3 is 7.82 Å². The molecule has 0 unspecified atom stereocenters. The lowest BCUT2D eigenvalue weighted by Gasteiger charge is -2.09. The van der Waals surface area contributed by atoms with Gasteiger partial charge in [-0.15, -0.1) is 5.11 Å². The van der Waals surface area contributed by atoms with Gasteiger partial charge in [0.1, 0.15) is 5.75 Å². The zero-order valence-electron chi connectivity index (χ0n) is 15.2. The first kappa shape index (κ1) is 19.0. The van der Waals surface area contributed by atoms with Crippen molar-refractivity contribution < 1.29 is 18.9 Å². The molecule has 0 aliphatic rings. The predicted molar refractivity (Wildman–Crippen MR) is 113 cm³/mol. The summed E-state index contributed by atoms with van der Waals surface area (Å²) in [6, 6.07) is 28.1. The molecule has 0 fully saturated rings. The second-order valence-corrected chi connectivity index (χ2v) is 7.48. The van der Waals surface area contributed by atoms with Gasteiger partial charge in [0.2, 0.25) is 0 Å². The molecule has 0 aliphatic carbocycles. The van der Waals surface area contributed by atoms with Gasteiger partial charge in [0.15, 0.2) is 0 Å². The molecule has 4 rings (SSSR count). The standard InChI is InChI=1S/C22H17N2O4P/c25-29(26,27)28-18-14-12-17(13-15-18)23-24-22-11-4-3-9-21(22)20-10-5-7-16-6-1-2-8-19(16)20/h1-15H,(H2,25,26,27). The van der Waals surface area contributed by atoms with E-state index in [0.29, 0.717) is 5.69 Å². The summed E-state index contributed by atoms with van der Waals surface area (Å²) < 4.78 is 15.4. The van der Waals surface area contributed by atoms with E-state index >= 15 is 0 Å². The Kier molecular flexibility index (Phi) is 5.23. The van der Waals surface area contributed by atoms with Crippen molar-refractivity contribution in [3.63, 3.8) is 0 Å². The van der Waals surface area contributed by atoms with E-state index in [1.807, 2.05) is 42.5 Å². The summed E-state index contributed by atoms with van der Waals surface area (Å²) in [5.41, 5.74) is 3.30. The highest BCUT2D eigenvalue weighted by Crippen LogP contribution is 2.38. The summed E-state index contributed by atoms with van der Waals surface area (Å²) in [5, 5.41) is 10.9. The average molecular weight is 404 g/mol. The van der Waals surface area contributed by atoms with Crippen LogP contribution in [0.3, 0.4) is 0 Å². The Morgan fingerprint density at radius 1 is 0.690 bits per heavy atom. The third-order valence-corrected chi connectivity index (χ3v) is 4.77. The quantitative estimate of drug-likeness (QED) is 0.298. The Balaban J connectivity index is 1.66. The predicted octanol–water partition coefficient (Wildman–Crippen LogP) is 6.39. The fourth-order valence-electron chi connectivity index (χ4n) is 3.07. The molecule has 0 aromatic heterocycles. The highest BCUT2D eigenvalue weighted by molar-refractivity contribution is 7.46. The van der Waals surface area contributed by atoms with Crippen LogP contribution < -0.4 is 4.52 Å². The monoisotopic (exact) mass is 404 g/mol. The number of phosphoric ester groups is 1. The minimum atomic E-state index is -4.58. The second-order valence-electron chi connectivity index (χ2n) is 6.32. The third-order valence-electron chi connectivity index (χ3n) is 4.32. The number of hydrogen-bond donors (Lipinski definition) is 2. The average Bonchev–Trinajstić information content (AvgIpc) is 2.72. The molecule has 4 aromatic carbocycles. The van der Waals surface area contributed by atoms with Crippen LogP contribution in [0.5, 0.6) is 5.75 Å².